The highest BCUT2D eigenvalue weighted by Gasteiger charge is 2.73. The second kappa shape index (κ2) is 30.8. The molecule has 0 unspecified atom stereocenters. The lowest BCUT2D eigenvalue weighted by Gasteiger charge is -2.71. The first-order valence-electron chi connectivity index (χ1n) is 36.7. The molecule has 598 valence electrons. The van der Waals surface area contributed by atoms with E-state index in [4.69, 9.17) is 66.3 Å². The molecule has 4 saturated carbocycles. The Balaban J connectivity index is 0.839. The van der Waals surface area contributed by atoms with Gasteiger partial charge in [0.05, 0.1) is 69.3 Å². The molecular weight excluding hydrogens is 1400 g/mol. The van der Waals surface area contributed by atoms with E-state index in [1.807, 2.05) is 6.92 Å². The number of hydrogen-bond acceptors (Lipinski definition) is 32. The second-order valence-corrected chi connectivity index (χ2v) is 33.1. The molecule has 1 aromatic rings. The van der Waals surface area contributed by atoms with Gasteiger partial charge in [0.15, 0.2) is 43.7 Å². The summed E-state index contributed by atoms with van der Waals surface area (Å²) in [5.41, 5.74) is -6.22. The average molecular weight is 1510 g/mol. The molecule has 0 amide bonds. The number of allylic oxidation sites excluding steroid dienone is 2. The number of hydrogen-bond donors (Lipinski definition) is 16. The minimum absolute atomic E-state index is 0.0636. The number of esters is 2. The Bertz CT molecular complexity index is 3320. The average Bonchev–Trinajstić information content (AvgIpc) is 0.728. The van der Waals surface area contributed by atoms with E-state index in [9.17, 15) is 91.3 Å². The Labute approximate surface area is 612 Å². The van der Waals surface area contributed by atoms with Gasteiger partial charge in [0.25, 0.3) is 0 Å². The molecule has 0 bridgehead atoms. The molecule has 5 aliphatic carbocycles. The minimum Gasteiger partial charge on any atom is -0.497 e. The third-order valence-electron chi connectivity index (χ3n) is 26.3. The van der Waals surface area contributed by atoms with Crippen molar-refractivity contribution in [2.45, 2.75) is 285 Å². The molecule has 6 saturated heterocycles. The van der Waals surface area contributed by atoms with Gasteiger partial charge in [-0.2, -0.15) is 0 Å². The molecule has 6 heterocycles. The number of fused-ring (bicyclic) bond motifs is 7. The van der Waals surface area contributed by atoms with E-state index in [0.29, 0.717) is 56.3 Å². The van der Waals surface area contributed by atoms with Crippen LogP contribution in [0.3, 0.4) is 0 Å². The van der Waals surface area contributed by atoms with Crippen LogP contribution in [-0.4, -0.2) is 311 Å². The summed E-state index contributed by atoms with van der Waals surface area (Å²) in [6, 6.07) is 6.73. The number of carbonyl (C=O) groups is 3. The normalized spacial score (nSPS) is 50.1. The number of aliphatic hydroxyl groups is 15. The first kappa shape index (κ1) is 81.4. The lowest BCUT2D eigenvalue weighted by atomic mass is 9.33. The summed E-state index contributed by atoms with van der Waals surface area (Å²) in [7, 11) is 1.50. The van der Waals surface area contributed by atoms with Crippen molar-refractivity contribution in [2.24, 2.45) is 50.2 Å². The topological polar surface area (TPSA) is 504 Å². The van der Waals surface area contributed by atoms with E-state index in [1.54, 1.807) is 24.3 Å². The highest BCUT2D eigenvalue weighted by Crippen LogP contribution is 2.76. The first-order chi connectivity index (χ1) is 49.8. The molecule has 106 heavy (non-hydrogen) atoms. The molecule has 10 fully saturated rings. The van der Waals surface area contributed by atoms with E-state index >= 15 is 4.79 Å². The fourth-order valence-electron chi connectivity index (χ4n) is 19.8. The number of ether oxygens (including phenoxy) is 14. The number of aliphatic hydroxyl groups excluding tert-OH is 14. The van der Waals surface area contributed by atoms with E-state index in [-0.39, 0.29) is 24.2 Å². The number of benzene rings is 1. The minimum atomic E-state index is -2.28. The summed E-state index contributed by atoms with van der Waals surface area (Å²) >= 11 is 0. The van der Waals surface area contributed by atoms with Gasteiger partial charge in [0.2, 0.25) is 6.29 Å². The van der Waals surface area contributed by atoms with Crippen LogP contribution in [0.25, 0.3) is 6.08 Å². The third-order valence-corrected chi connectivity index (χ3v) is 26.3. The predicted molar refractivity (Wildman–Crippen MR) is 357 cm³/mol. The van der Waals surface area contributed by atoms with Crippen LogP contribution in [0, 0.1) is 50.2 Å². The van der Waals surface area contributed by atoms with Crippen LogP contribution in [0.5, 0.6) is 5.75 Å². The van der Waals surface area contributed by atoms with Crippen molar-refractivity contribution >= 4 is 24.0 Å². The smallest absolute Gasteiger partial charge is 0.331 e. The molecule has 1 aromatic carbocycles. The Hall–Kier alpha value is -4.13. The van der Waals surface area contributed by atoms with Crippen LogP contribution >= 0.6 is 0 Å². The van der Waals surface area contributed by atoms with E-state index in [0.717, 1.165) is 11.6 Å². The maximum Gasteiger partial charge on any atom is 0.331 e. The van der Waals surface area contributed by atoms with Crippen LogP contribution in [0.4, 0.5) is 0 Å². The van der Waals surface area contributed by atoms with Gasteiger partial charge in [-0.05, 0) is 142 Å². The van der Waals surface area contributed by atoms with Crippen molar-refractivity contribution in [1.29, 1.82) is 0 Å². The Morgan fingerprint density at radius 3 is 1.84 bits per heavy atom. The fourth-order valence-corrected chi connectivity index (χ4v) is 19.8. The lowest BCUT2D eigenvalue weighted by Crippen LogP contribution is -2.70. The standard InChI is InChI=1S/C73H108O33/c1-31-52(100-43(79)17-12-33-10-13-34(93-9)14-11-33)49(85)56(104-62-51(87)55(103-64-57(88)73(92,29-75)30-96-64)53(32(2)97-62)101-60-50(86)54(39(78)28-95-60)102-59-47(83)44(80)38(77)27-94-59)63(98-31)106-66(91)72-22-20-67(3,4)24-36(72)35-15-16-41-68(5)25-37(76)58(105-61-48(84)46(82)45(81)40(26-74)99-61)71(8,65(89)90)42(68)18-19-70(41,7)69(35,6)21-23-72/h10-15,17,31-32,36-42,44-64,74-78,80-88,92H,16,18-30H2,1-9H3,(H,89,90)/b17-12+/t31-,32+,36+,37+,38+,39-,40-,41-,42-,44+,45-,46+,47-,48-,49+,50-,51-,52+,53+,54+,55+,56-,57+,58+,59+,60+,61+,62+,63+,64+,68-,69-,70-,71+,72+,73-/m1/s1. The molecule has 12 rings (SSSR count). The summed E-state index contributed by atoms with van der Waals surface area (Å²) in [4.78, 5) is 43.9. The third kappa shape index (κ3) is 14.2. The predicted octanol–water partition coefficient (Wildman–Crippen LogP) is -2.10. The van der Waals surface area contributed by atoms with Crippen LogP contribution in [0.2, 0.25) is 0 Å². The molecule has 6 aliphatic heterocycles. The number of carbonyl (C=O) groups excluding carboxylic acids is 2. The monoisotopic (exact) mass is 1510 g/mol. The van der Waals surface area contributed by atoms with E-state index in [2.05, 4.69) is 33.8 Å². The molecule has 0 aromatic heterocycles. The van der Waals surface area contributed by atoms with Gasteiger partial charge in [0.1, 0.15) is 109 Å². The zero-order valence-corrected chi connectivity index (χ0v) is 60.9. The van der Waals surface area contributed by atoms with Crippen molar-refractivity contribution in [3.63, 3.8) is 0 Å². The molecule has 36 atom stereocenters. The van der Waals surface area contributed by atoms with Gasteiger partial charge in [0, 0.05) is 6.08 Å². The van der Waals surface area contributed by atoms with Gasteiger partial charge in [-0.1, -0.05) is 58.4 Å². The number of carboxylic acids is 1. The van der Waals surface area contributed by atoms with Gasteiger partial charge in [-0.15, -0.1) is 0 Å². The van der Waals surface area contributed by atoms with Gasteiger partial charge < -0.3 is 148 Å². The summed E-state index contributed by atoms with van der Waals surface area (Å²) in [5, 5.41) is 178. The molecule has 33 heteroatoms. The van der Waals surface area contributed by atoms with Crippen LogP contribution in [0.1, 0.15) is 119 Å². The zero-order valence-electron chi connectivity index (χ0n) is 60.9. The molecule has 33 nitrogen and oxygen atoms in total. The van der Waals surface area contributed by atoms with Crippen molar-refractivity contribution < 1.29 is 162 Å². The maximum absolute atomic E-state index is 16.1. The van der Waals surface area contributed by atoms with Crippen LogP contribution < -0.4 is 4.74 Å². The van der Waals surface area contributed by atoms with Crippen molar-refractivity contribution in [1.82, 2.24) is 0 Å². The summed E-state index contributed by atoms with van der Waals surface area (Å²) in [6.07, 6.45) is -38.4. The number of rotatable bonds is 19. The Kier molecular flexibility index (Phi) is 23.6. The highest BCUT2D eigenvalue weighted by atomic mass is 16.8. The van der Waals surface area contributed by atoms with E-state index < -0.39 is 261 Å². The fraction of sp³-hybridized carbons (Fsp3) is 0.822. The number of aliphatic carboxylic acids is 1. The Morgan fingerprint density at radius 2 is 1.18 bits per heavy atom. The molecule has 0 spiro atoms. The van der Waals surface area contributed by atoms with Crippen LogP contribution in [-0.2, 0) is 76.0 Å². The van der Waals surface area contributed by atoms with Crippen LogP contribution in [0.15, 0.2) is 42.0 Å². The number of carboxylic acid groups (broad SMARTS) is 1. The number of methoxy groups -OCH3 is 1. The quantitative estimate of drug-likeness (QED) is 0.0305. The summed E-state index contributed by atoms with van der Waals surface area (Å²) < 4.78 is 84.4. The summed E-state index contributed by atoms with van der Waals surface area (Å²) in [5.74, 6) is -3.75. The summed E-state index contributed by atoms with van der Waals surface area (Å²) in [6.45, 7) is 11.6. The Morgan fingerprint density at radius 1 is 0.575 bits per heavy atom. The molecule has 0 radical (unpaired) electrons. The largest absolute Gasteiger partial charge is 0.497 e. The van der Waals surface area contributed by atoms with Gasteiger partial charge in [-0.25, -0.2) is 4.79 Å². The highest BCUT2D eigenvalue weighted by molar-refractivity contribution is 5.87. The van der Waals surface area contributed by atoms with Crippen molar-refractivity contribution in [2.75, 3.05) is 40.1 Å². The van der Waals surface area contributed by atoms with E-state index in [1.165, 1.54) is 34.0 Å². The first-order valence-corrected chi connectivity index (χ1v) is 36.7. The molecule has 16 N–H and O–H groups in total. The molecular formula is C73H108O33. The van der Waals surface area contributed by atoms with Crippen molar-refractivity contribution in [3.8, 4) is 5.75 Å². The lowest BCUT2D eigenvalue weighted by molar-refractivity contribution is -0.388. The second-order valence-electron chi connectivity index (χ2n) is 33.1. The van der Waals surface area contributed by atoms with Crippen molar-refractivity contribution in [3.05, 3.63) is 47.6 Å². The van der Waals surface area contributed by atoms with Gasteiger partial charge in [-0.3, -0.25) is 9.59 Å². The molecule has 11 aliphatic rings. The van der Waals surface area contributed by atoms with Gasteiger partial charge >= 0.3 is 17.9 Å². The SMILES string of the molecule is COc1ccc(/C=C/C(=O)O[C@@H]2[C@H](O)[C@@H](O[C@@H]3O[C@@H](C)[C@H](O[C@@H]4OC[C@@H](O)[C@H](O[C@@H]5OC[C@H](O)[C@H](O)[C@H]5O)[C@H]4O)[C@@H](O[C@@H]4OC[C@](O)(CO)[C@H]4O)[C@H]3O)[C@H](OC(=O)[C@]34CCC(C)(C)C[C@H]3C3=CC[C@@H]5[C@@]6(C)C[C@H](O)[C@H](O[C@@H]7O[C@H](CO)[C@@H](O)[C@H](O)[C@H]7O)[C@@](C)(C(=O)O)[C@@H]6CC[C@@]5(C)[C@]3(C)CC4)O[C@@H]2C)cc1. The zero-order chi connectivity index (χ0) is 77.0. The maximum atomic E-state index is 16.1.